The normalized spacial score (nSPS) is 43.0. The van der Waals surface area contributed by atoms with Gasteiger partial charge >= 0.3 is 0 Å². The summed E-state index contributed by atoms with van der Waals surface area (Å²) in [6.45, 7) is 4.04. The van der Waals surface area contributed by atoms with Crippen LogP contribution in [-0.2, 0) is 0 Å². The summed E-state index contributed by atoms with van der Waals surface area (Å²) >= 11 is 0. The minimum Gasteiger partial charge on any atom is -0.388 e. The van der Waals surface area contributed by atoms with E-state index >= 15 is 0 Å². The molecule has 2 saturated heterocycles. The van der Waals surface area contributed by atoms with E-state index in [-0.39, 0.29) is 0 Å². The van der Waals surface area contributed by atoms with Gasteiger partial charge in [-0.3, -0.25) is 4.90 Å². The molecule has 1 saturated carbocycles. The van der Waals surface area contributed by atoms with Crippen LogP contribution in [-0.4, -0.2) is 65.8 Å². The van der Waals surface area contributed by atoms with Crippen LogP contribution in [0.4, 0.5) is 0 Å². The van der Waals surface area contributed by atoms with Crippen molar-refractivity contribution in [2.45, 2.75) is 62.6 Å². The summed E-state index contributed by atoms with van der Waals surface area (Å²) in [4.78, 5) is 5.24. The minimum atomic E-state index is -0.568. The van der Waals surface area contributed by atoms with Crippen LogP contribution in [0.2, 0.25) is 0 Å². The van der Waals surface area contributed by atoms with Crippen molar-refractivity contribution >= 4 is 0 Å². The Balaban J connectivity index is 1.51. The first-order chi connectivity index (χ1) is 9.62. The Bertz CT molecular complexity index is 338. The van der Waals surface area contributed by atoms with Crippen molar-refractivity contribution in [3.8, 4) is 0 Å². The fourth-order valence-electron chi connectivity index (χ4n) is 4.73. The van der Waals surface area contributed by atoms with Crippen molar-refractivity contribution in [3.05, 3.63) is 0 Å². The third kappa shape index (κ3) is 2.76. The molecule has 0 aromatic heterocycles. The first-order valence-electron chi connectivity index (χ1n) is 8.49. The Kier molecular flexibility index (Phi) is 4.37. The molecule has 4 unspecified atom stereocenters. The van der Waals surface area contributed by atoms with Gasteiger partial charge in [-0.1, -0.05) is 6.42 Å². The number of aliphatic hydroxyl groups is 1. The Morgan fingerprint density at radius 3 is 2.80 bits per heavy atom. The van der Waals surface area contributed by atoms with Crippen LogP contribution < -0.4 is 5.73 Å². The second-order valence-corrected chi connectivity index (χ2v) is 7.33. The van der Waals surface area contributed by atoms with Gasteiger partial charge in [0.15, 0.2) is 0 Å². The quantitative estimate of drug-likeness (QED) is 0.808. The van der Waals surface area contributed by atoms with E-state index in [0.717, 1.165) is 44.3 Å². The summed E-state index contributed by atoms with van der Waals surface area (Å²) in [5.74, 6) is 0.422. The van der Waals surface area contributed by atoms with E-state index in [1.807, 2.05) is 0 Å². The monoisotopic (exact) mass is 281 g/mol. The van der Waals surface area contributed by atoms with Gasteiger partial charge < -0.3 is 15.7 Å². The molecule has 3 N–H and O–H groups in total. The molecule has 0 amide bonds. The third-order valence-corrected chi connectivity index (χ3v) is 6.30. The lowest BCUT2D eigenvalue weighted by molar-refractivity contribution is 0.00433. The highest BCUT2D eigenvalue weighted by atomic mass is 16.3. The van der Waals surface area contributed by atoms with E-state index in [9.17, 15) is 5.11 Å². The van der Waals surface area contributed by atoms with E-state index in [1.54, 1.807) is 0 Å². The Morgan fingerprint density at radius 2 is 2.00 bits per heavy atom. The molecular formula is C16H31N3O. The molecule has 2 bridgehead atoms. The van der Waals surface area contributed by atoms with Crippen LogP contribution in [0.1, 0.15) is 44.9 Å². The summed E-state index contributed by atoms with van der Waals surface area (Å²) in [5, 5.41) is 10.5. The number of hydrogen-bond acceptors (Lipinski definition) is 4. The van der Waals surface area contributed by atoms with Gasteiger partial charge in [0.05, 0.1) is 5.60 Å². The number of likely N-dealkylation sites (N-methyl/N-ethyl adjacent to an activating group) is 1. The first kappa shape index (κ1) is 14.8. The molecule has 3 rings (SSSR count). The SMILES string of the molecule is CN1C2CCC1CN(CCC1CCCC1(O)CN)CC2. The fraction of sp³-hybridized carbons (Fsp3) is 1.00. The zero-order valence-electron chi connectivity index (χ0n) is 12.9. The Morgan fingerprint density at radius 1 is 1.20 bits per heavy atom. The van der Waals surface area contributed by atoms with E-state index in [2.05, 4.69) is 16.8 Å². The van der Waals surface area contributed by atoms with Crippen molar-refractivity contribution in [1.82, 2.24) is 9.80 Å². The van der Waals surface area contributed by atoms with Gasteiger partial charge in [-0.15, -0.1) is 0 Å². The Hall–Kier alpha value is -0.160. The molecule has 20 heavy (non-hydrogen) atoms. The van der Waals surface area contributed by atoms with Crippen LogP contribution in [0.15, 0.2) is 0 Å². The molecule has 0 radical (unpaired) electrons. The number of likely N-dealkylation sites (tertiary alicyclic amines) is 1. The van der Waals surface area contributed by atoms with E-state index in [0.29, 0.717) is 12.5 Å². The fourth-order valence-corrected chi connectivity index (χ4v) is 4.73. The van der Waals surface area contributed by atoms with Crippen LogP contribution in [0.3, 0.4) is 0 Å². The zero-order valence-corrected chi connectivity index (χ0v) is 12.9. The predicted octanol–water partition coefficient (Wildman–Crippen LogP) is 1.03. The van der Waals surface area contributed by atoms with Crippen LogP contribution >= 0.6 is 0 Å². The van der Waals surface area contributed by atoms with Gasteiger partial charge in [-0.05, 0) is 64.6 Å². The minimum absolute atomic E-state index is 0.422. The maximum absolute atomic E-state index is 10.5. The first-order valence-corrected chi connectivity index (χ1v) is 8.49. The molecular weight excluding hydrogens is 250 g/mol. The van der Waals surface area contributed by atoms with Crippen molar-refractivity contribution < 1.29 is 5.11 Å². The lowest BCUT2D eigenvalue weighted by Crippen LogP contribution is -2.43. The molecule has 1 aliphatic carbocycles. The molecule has 0 spiro atoms. The van der Waals surface area contributed by atoms with E-state index < -0.39 is 5.60 Å². The molecule has 4 heteroatoms. The molecule has 2 aliphatic heterocycles. The molecule has 0 aromatic rings. The van der Waals surface area contributed by atoms with Gasteiger partial charge in [-0.25, -0.2) is 0 Å². The molecule has 0 aromatic carbocycles. The lowest BCUT2D eigenvalue weighted by atomic mass is 9.88. The smallest absolute Gasteiger partial charge is 0.0797 e. The average Bonchev–Trinajstić information content (AvgIpc) is 2.91. The number of nitrogens with zero attached hydrogens (tertiary/aromatic N) is 2. The van der Waals surface area contributed by atoms with Gasteiger partial charge in [0, 0.05) is 25.2 Å². The molecule has 4 nitrogen and oxygen atoms in total. The largest absolute Gasteiger partial charge is 0.388 e. The highest BCUT2D eigenvalue weighted by molar-refractivity contribution is 4.95. The van der Waals surface area contributed by atoms with E-state index in [4.69, 9.17) is 5.73 Å². The predicted molar refractivity (Wildman–Crippen MR) is 81.6 cm³/mol. The summed E-state index contributed by atoms with van der Waals surface area (Å²) in [7, 11) is 2.30. The second-order valence-electron chi connectivity index (χ2n) is 7.33. The van der Waals surface area contributed by atoms with Crippen LogP contribution in [0, 0.1) is 5.92 Å². The van der Waals surface area contributed by atoms with Gasteiger partial charge in [0.2, 0.25) is 0 Å². The Labute approximate surface area is 123 Å². The average molecular weight is 281 g/mol. The topological polar surface area (TPSA) is 52.7 Å². The summed E-state index contributed by atoms with van der Waals surface area (Å²) in [5.41, 5.74) is 5.22. The number of hydrogen-bond donors (Lipinski definition) is 2. The van der Waals surface area contributed by atoms with Crippen molar-refractivity contribution in [2.24, 2.45) is 11.7 Å². The van der Waals surface area contributed by atoms with E-state index in [1.165, 1.54) is 32.4 Å². The highest BCUT2D eigenvalue weighted by Gasteiger charge is 2.40. The summed E-state index contributed by atoms with van der Waals surface area (Å²) in [6, 6.07) is 1.58. The number of rotatable bonds is 4. The van der Waals surface area contributed by atoms with Crippen molar-refractivity contribution in [1.29, 1.82) is 0 Å². The molecule has 3 aliphatic rings. The molecule has 4 atom stereocenters. The van der Waals surface area contributed by atoms with Crippen molar-refractivity contribution in [3.63, 3.8) is 0 Å². The maximum Gasteiger partial charge on any atom is 0.0797 e. The van der Waals surface area contributed by atoms with Crippen LogP contribution in [0.25, 0.3) is 0 Å². The lowest BCUT2D eigenvalue weighted by Gasteiger charge is -2.31. The molecule has 3 fully saturated rings. The molecule has 116 valence electrons. The summed E-state index contributed by atoms with van der Waals surface area (Å²) in [6.07, 6.45) is 8.41. The second kappa shape index (κ2) is 5.91. The number of nitrogens with two attached hydrogens (primary N) is 1. The summed E-state index contributed by atoms with van der Waals surface area (Å²) < 4.78 is 0. The van der Waals surface area contributed by atoms with Gasteiger partial charge in [0.1, 0.15) is 0 Å². The number of fused-ring (bicyclic) bond motifs is 2. The highest BCUT2D eigenvalue weighted by Crippen LogP contribution is 2.37. The molecule has 2 heterocycles. The van der Waals surface area contributed by atoms with Gasteiger partial charge in [-0.2, -0.15) is 0 Å². The van der Waals surface area contributed by atoms with Crippen LogP contribution in [0.5, 0.6) is 0 Å². The van der Waals surface area contributed by atoms with Gasteiger partial charge in [0.25, 0.3) is 0 Å². The van der Waals surface area contributed by atoms with Crippen molar-refractivity contribution in [2.75, 3.05) is 33.2 Å². The standard InChI is InChI=1S/C16H31N3O/c1-18-14-4-5-15(18)11-19(10-7-14)9-6-13-3-2-8-16(13,20)12-17/h13-15,20H,2-12,17H2,1H3. The maximum atomic E-state index is 10.5. The zero-order chi connectivity index (χ0) is 14.2. The third-order valence-electron chi connectivity index (χ3n) is 6.30.